The number of ether oxygens (including phenoxy) is 1. The molecule has 0 bridgehead atoms. The van der Waals surface area contributed by atoms with Gasteiger partial charge in [-0.3, -0.25) is 4.79 Å². The molecule has 2 nitrogen and oxygen atoms in total. The maximum atomic E-state index is 11.9. The van der Waals surface area contributed by atoms with E-state index in [1.54, 1.807) is 9.24 Å². The van der Waals surface area contributed by atoms with Crippen LogP contribution in [0.1, 0.15) is 0 Å². The topological polar surface area (TPSA) is 26.3 Å². The molecule has 0 aromatic heterocycles. The molecule has 1 atom stereocenters. The molecule has 0 aliphatic heterocycles. The van der Waals surface area contributed by atoms with Crippen LogP contribution in [-0.2, 0) is 9.53 Å². The van der Waals surface area contributed by atoms with Crippen LogP contribution >= 0.6 is 9.24 Å². The Morgan fingerprint density at radius 2 is 1.60 bits per heavy atom. The van der Waals surface area contributed by atoms with Gasteiger partial charge in [0.2, 0.25) is 5.76 Å². The van der Waals surface area contributed by atoms with Crippen molar-refractivity contribution in [2.45, 2.75) is 12.4 Å². The van der Waals surface area contributed by atoms with Gasteiger partial charge in [0.1, 0.15) is 6.35 Å². The second-order valence-electron chi connectivity index (χ2n) is 2.18. The summed E-state index contributed by atoms with van der Waals surface area (Å²) in [7, 11) is 1.72. The molecule has 0 fully saturated rings. The minimum Gasteiger partial charge on any atom is -0.485 e. The van der Waals surface area contributed by atoms with E-state index in [0.29, 0.717) is 0 Å². The Labute approximate surface area is 82.5 Å². The van der Waals surface area contributed by atoms with Gasteiger partial charge in [-0.05, 0) is 0 Å². The third kappa shape index (κ3) is 5.01. The molecule has 0 saturated heterocycles. The van der Waals surface area contributed by atoms with Crippen molar-refractivity contribution in [1.29, 1.82) is 0 Å². The summed E-state index contributed by atoms with van der Waals surface area (Å²) in [6, 6.07) is 0. The maximum Gasteiger partial charge on any atom is 0.454 e. The zero-order valence-corrected chi connectivity index (χ0v) is 8.10. The van der Waals surface area contributed by atoms with Gasteiger partial charge in [-0.1, -0.05) is 9.24 Å². The molecule has 0 radical (unpaired) electrons. The maximum absolute atomic E-state index is 11.9. The second kappa shape index (κ2) is 4.83. The van der Waals surface area contributed by atoms with E-state index in [9.17, 15) is 31.1 Å². The summed E-state index contributed by atoms with van der Waals surface area (Å²) in [6.45, 7) is 0. The molecule has 0 heterocycles. The Morgan fingerprint density at radius 1 is 1.13 bits per heavy atom. The van der Waals surface area contributed by atoms with Crippen LogP contribution in [0.5, 0.6) is 0 Å². The van der Waals surface area contributed by atoms with Gasteiger partial charge in [-0.15, -0.1) is 0 Å². The first-order chi connectivity index (χ1) is 6.59. The lowest BCUT2D eigenvalue weighted by molar-refractivity contribution is -0.167. The molecule has 9 heteroatoms. The lowest BCUT2D eigenvalue weighted by Crippen LogP contribution is -2.24. The smallest absolute Gasteiger partial charge is 0.454 e. The Kier molecular flexibility index (Phi) is 4.58. The normalized spacial score (nSPS) is 13.9. The Bertz CT molecular complexity index is 266. The SMILES string of the molecule is O=C(/C=C(\OCP)C(F)(F)F)C(F)(F)F. The van der Waals surface area contributed by atoms with Crippen molar-refractivity contribution in [1.82, 2.24) is 0 Å². The standard InChI is InChI=1S/C6H5F6O2P/c7-5(8,9)3(13)1-4(14-2-15)6(10,11)12/h1H,2,15H2/b4-1-. The van der Waals surface area contributed by atoms with Crippen molar-refractivity contribution in [3.05, 3.63) is 11.8 Å². The molecule has 0 rings (SSSR count). The molecule has 0 spiro atoms. The fourth-order valence-corrected chi connectivity index (χ4v) is 0.676. The van der Waals surface area contributed by atoms with E-state index < -0.39 is 36.3 Å². The molecule has 15 heavy (non-hydrogen) atoms. The lowest BCUT2D eigenvalue weighted by atomic mass is 10.3. The van der Waals surface area contributed by atoms with Crippen LogP contribution in [-0.4, -0.2) is 24.5 Å². The molecule has 0 saturated carbocycles. The van der Waals surface area contributed by atoms with E-state index >= 15 is 0 Å². The first kappa shape index (κ1) is 14.2. The van der Waals surface area contributed by atoms with E-state index in [1.165, 1.54) is 0 Å². The van der Waals surface area contributed by atoms with E-state index in [2.05, 4.69) is 4.74 Å². The highest BCUT2D eigenvalue weighted by atomic mass is 31.0. The van der Waals surface area contributed by atoms with Gasteiger partial charge in [0.15, 0.2) is 0 Å². The Hall–Kier alpha value is -0.780. The molecule has 0 aromatic carbocycles. The van der Waals surface area contributed by atoms with E-state index in [1.807, 2.05) is 0 Å². The van der Waals surface area contributed by atoms with E-state index in [-0.39, 0.29) is 0 Å². The predicted molar refractivity (Wildman–Crippen MR) is 40.9 cm³/mol. The minimum absolute atomic E-state index is 0.573. The number of rotatable bonds is 3. The summed E-state index contributed by atoms with van der Waals surface area (Å²) in [5.41, 5.74) is 0. The van der Waals surface area contributed by atoms with Gasteiger partial charge in [-0.2, -0.15) is 26.3 Å². The first-order valence-electron chi connectivity index (χ1n) is 3.32. The van der Waals surface area contributed by atoms with Gasteiger partial charge in [-0.25, -0.2) is 0 Å². The fourth-order valence-electron chi connectivity index (χ4n) is 0.496. The summed E-state index contributed by atoms with van der Waals surface area (Å²) in [4.78, 5) is 10.2. The molecule has 0 amide bonds. The number of hydrogen-bond donors (Lipinski definition) is 0. The third-order valence-electron chi connectivity index (χ3n) is 1.06. The second-order valence-corrected chi connectivity index (χ2v) is 2.51. The van der Waals surface area contributed by atoms with E-state index in [4.69, 9.17) is 0 Å². The van der Waals surface area contributed by atoms with Crippen LogP contribution < -0.4 is 0 Å². The average Bonchev–Trinajstić information content (AvgIpc) is 1.99. The lowest BCUT2D eigenvalue weighted by Gasteiger charge is -2.11. The van der Waals surface area contributed by atoms with Crippen molar-refractivity contribution < 1.29 is 35.9 Å². The van der Waals surface area contributed by atoms with Crippen LogP contribution in [0.25, 0.3) is 0 Å². The molecule has 0 aliphatic carbocycles. The highest BCUT2D eigenvalue weighted by Crippen LogP contribution is 2.28. The van der Waals surface area contributed by atoms with Crippen LogP contribution in [0.2, 0.25) is 0 Å². The number of ketones is 1. The number of carbonyl (C=O) groups excluding carboxylic acids is 1. The molecule has 88 valence electrons. The molecule has 0 N–H and O–H groups in total. The van der Waals surface area contributed by atoms with Gasteiger partial charge in [0.05, 0.1) is 0 Å². The van der Waals surface area contributed by atoms with Gasteiger partial charge >= 0.3 is 12.4 Å². The summed E-state index contributed by atoms with van der Waals surface area (Å²) in [5.74, 6) is -4.59. The van der Waals surface area contributed by atoms with E-state index in [0.717, 1.165) is 0 Å². The molecular formula is C6H5F6O2P. The average molecular weight is 254 g/mol. The number of carbonyl (C=O) groups is 1. The summed E-state index contributed by atoms with van der Waals surface area (Å²) in [5, 5.41) is 0. The zero-order chi connectivity index (χ0) is 12.3. The number of alkyl halides is 6. The van der Waals surface area contributed by atoms with Crippen molar-refractivity contribution in [2.75, 3.05) is 6.35 Å². The van der Waals surface area contributed by atoms with Gasteiger partial charge < -0.3 is 4.74 Å². The van der Waals surface area contributed by atoms with Crippen molar-refractivity contribution in [3.63, 3.8) is 0 Å². The number of halogens is 6. The van der Waals surface area contributed by atoms with Crippen LogP contribution in [0, 0.1) is 0 Å². The van der Waals surface area contributed by atoms with Crippen LogP contribution in [0.3, 0.4) is 0 Å². The summed E-state index contributed by atoms with van der Waals surface area (Å²) < 4.78 is 74.5. The quantitative estimate of drug-likeness (QED) is 0.334. The van der Waals surface area contributed by atoms with Gasteiger partial charge in [0, 0.05) is 6.08 Å². The van der Waals surface area contributed by atoms with Crippen LogP contribution in [0.15, 0.2) is 11.8 Å². The van der Waals surface area contributed by atoms with Crippen molar-refractivity contribution in [2.24, 2.45) is 0 Å². The number of hydrogen-bond acceptors (Lipinski definition) is 2. The molecule has 0 aliphatic rings. The minimum atomic E-state index is -5.35. The third-order valence-corrected chi connectivity index (χ3v) is 1.23. The van der Waals surface area contributed by atoms with Crippen molar-refractivity contribution in [3.8, 4) is 0 Å². The highest BCUT2D eigenvalue weighted by Gasteiger charge is 2.42. The monoisotopic (exact) mass is 254 g/mol. The number of allylic oxidation sites excluding steroid dienone is 2. The summed E-state index contributed by atoms with van der Waals surface area (Å²) in [6.07, 6.45) is -11.7. The summed E-state index contributed by atoms with van der Waals surface area (Å²) >= 11 is 0. The Balaban J connectivity index is 4.94. The Morgan fingerprint density at radius 3 is 1.87 bits per heavy atom. The molecule has 0 aromatic rings. The van der Waals surface area contributed by atoms with Crippen molar-refractivity contribution >= 4 is 15.0 Å². The largest absolute Gasteiger partial charge is 0.485 e. The first-order valence-corrected chi connectivity index (χ1v) is 4.13. The highest BCUT2D eigenvalue weighted by molar-refractivity contribution is 7.16. The molecule has 1 unspecified atom stereocenters. The van der Waals surface area contributed by atoms with Crippen LogP contribution in [0.4, 0.5) is 26.3 Å². The molecular weight excluding hydrogens is 249 g/mol. The zero-order valence-electron chi connectivity index (χ0n) is 6.95. The predicted octanol–water partition coefficient (Wildman–Crippen LogP) is 2.41. The van der Waals surface area contributed by atoms with Gasteiger partial charge in [0.25, 0.3) is 5.78 Å². The fraction of sp³-hybridized carbons (Fsp3) is 0.500.